The van der Waals surface area contributed by atoms with Gasteiger partial charge in [0.2, 0.25) is 5.91 Å². The molecule has 0 unspecified atom stereocenters. The molecule has 1 aromatic heterocycles. The highest BCUT2D eigenvalue weighted by Crippen LogP contribution is 2.23. The average molecular weight is 408 g/mol. The lowest BCUT2D eigenvalue weighted by Gasteiger charge is -2.38. The number of anilines is 1. The van der Waals surface area contributed by atoms with Gasteiger partial charge < -0.3 is 9.80 Å². The van der Waals surface area contributed by atoms with Gasteiger partial charge in [-0.15, -0.1) is 0 Å². The van der Waals surface area contributed by atoms with Crippen LogP contribution in [-0.4, -0.2) is 46.5 Å². The zero-order chi connectivity index (χ0) is 21.3. The molecule has 156 valence electrons. The second-order valence-corrected chi connectivity index (χ2v) is 7.95. The molecule has 7 heteroatoms. The van der Waals surface area contributed by atoms with Crippen LogP contribution in [0.5, 0.6) is 0 Å². The van der Waals surface area contributed by atoms with Crippen LogP contribution in [0, 0.1) is 11.7 Å². The van der Waals surface area contributed by atoms with Crippen LogP contribution in [0.1, 0.15) is 19.9 Å². The van der Waals surface area contributed by atoms with Crippen LogP contribution in [0.4, 0.5) is 10.1 Å². The van der Waals surface area contributed by atoms with E-state index >= 15 is 0 Å². The summed E-state index contributed by atoms with van der Waals surface area (Å²) in [5, 5.41) is 0.513. The van der Waals surface area contributed by atoms with Crippen molar-refractivity contribution in [3.63, 3.8) is 0 Å². The topological polar surface area (TPSA) is 58.4 Å². The van der Waals surface area contributed by atoms with E-state index in [1.165, 1.54) is 23.0 Å². The van der Waals surface area contributed by atoms with Crippen molar-refractivity contribution in [3.05, 3.63) is 71.0 Å². The van der Waals surface area contributed by atoms with E-state index in [1.54, 1.807) is 30.3 Å². The quantitative estimate of drug-likeness (QED) is 0.666. The summed E-state index contributed by atoms with van der Waals surface area (Å²) >= 11 is 0. The van der Waals surface area contributed by atoms with Crippen LogP contribution >= 0.6 is 0 Å². The van der Waals surface area contributed by atoms with E-state index in [2.05, 4.69) is 9.88 Å². The van der Waals surface area contributed by atoms with Gasteiger partial charge in [0.05, 0.1) is 17.2 Å². The standard InChI is InChI=1S/C23H25FN4O2/c1-16(2)21(28-15-25-20-6-4-3-5-19(20)22(28)29)23(30)27-13-11-26(12-14-27)18-9-7-17(24)8-10-18/h3-10,15-16,21H,11-14H2,1-2H3/t21-/m0/s1. The Morgan fingerprint density at radius 3 is 2.33 bits per heavy atom. The number of carbonyl (C=O) groups is 1. The zero-order valence-corrected chi connectivity index (χ0v) is 17.2. The summed E-state index contributed by atoms with van der Waals surface area (Å²) < 4.78 is 14.6. The van der Waals surface area contributed by atoms with Gasteiger partial charge in [-0.1, -0.05) is 26.0 Å². The number of carbonyl (C=O) groups excluding carboxylic acids is 1. The van der Waals surface area contributed by atoms with Crippen molar-refractivity contribution in [2.45, 2.75) is 19.9 Å². The summed E-state index contributed by atoms with van der Waals surface area (Å²) in [5.41, 5.74) is 1.37. The van der Waals surface area contributed by atoms with Crippen molar-refractivity contribution in [2.75, 3.05) is 31.1 Å². The Bertz CT molecular complexity index is 1100. The van der Waals surface area contributed by atoms with E-state index in [0.29, 0.717) is 37.1 Å². The van der Waals surface area contributed by atoms with E-state index in [1.807, 2.05) is 24.8 Å². The maximum absolute atomic E-state index is 13.4. The first-order valence-corrected chi connectivity index (χ1v) is 10.2. The van der Waals surface area contributed by atoms with Gasteiger partial charge in [-0.2, -0.15) is 0 Å². The van der Waals surface area contributed by atoms with Gasteiger partial charge in [0.15, 0.2) is 0 Å². The summed E-state index contributed by atoms with van der Waals surface area (Å²) in [6.45, 7) is 6.31. The van der Waals surface area contributed by atoms with Crippen molar-refractivity contribution in [1.29, 1.82) is 0 Å². The molecule has 0 N–H and O–H groups in total. The summed E-state index contributed by atoms with van der Waals surface area (Å²) in [4.78, 5) is 34.8. The number of piperazine rings is 1. The molecule has 1 fully saturated rings. The molecule has 1 atom stereocenters. The van der Waals surface area contributed by atoms with E-state index in [9.17, 15) is 14.0 Å². The summed E-state index contributed by atoms with van der Waals surface area (Å²) in [6.07, 6.45) is 1.49. The molecular weight excluding hydrogens is 383 g/mol. The lowest BCUT2D eigenvalue weighted by atomic mass is 10.0. The van der Waals surface area contributed by atoms with Gasteiger partial charge in [0.25, 0.3) is 5.56 Å². The summed E-state index contributed by atoms with van der Waals surface area (Å²) in [6, 6.07) is 13.0. The van der Waals surface area contributed by atoms with E-state index in [-0.39, 0.29) is 23.2 Å². The highest BCUT2D eigenvalue weighted by atomic mass is 19.1. The van der Waals surface area contributed by atoms with Crippen molar-refractivity contribution < 1.29 is 9.18 Å². The number of hydrogen-bond donors (Lipinski definition) is 0. The number of aromatic nitrogens is 2. The molecule has 2 heterocycles. The maximum atomic E-state index is 13.4. The zero-order valence-electron chi connectivity index (χ0n) is 17.2. The molecule has 30 heavy (non-hydrogen) atoms. The average Bonchev–Trinajstić information content (AvgIpc) is 2.76. The molecule has 1 aliphatic rings. The maximum Gasteiger partial charge on any atom is 0.261 e. The molecule has 1 saturated heterocycles. The molecule has 0 bridgehead atoms. The first kappa shape index (κ1) is 20.1. The fraction of sp³-hybridized carbons (Fsp3) is 0.348. The van der Waals surface area contributed by atoms with Gasteiger partial charge >= 0.3 is 0 Å². The molecule has 0 aliphatic carbocycles. The minimum absolute atomic E-state index is 0.0618. The first-order valence-electron chi connectivity index (χ1n) is 10.2. The fourth-order valence-electron chi connectivity index (χ4n) is 4.03. The molecule has 0 spiro atoms. The number of nitrogens with zero attached hydrogens (tertiary/aromatic N) is 4. The third kappa shape index (κ3) is 3.79. The molecule has 4 rings (SSSR count). The largest absolute Gasteiger partial charge is 0.368 e. The Hall–Kier alpha value is -3.22. The number of fused-ring (bicyclic) bond motifs is 1. The van der Waals surface area contributed by atoms with Gasteiger partial charge in [-0.3, -0.25) is 14.2 Å². The lowest BCUT2D eigenvalue weighted by molar-refractivity contribution is -0.136. The van der Waals surface area contributed by atoms with Crippen LogP contribution < -0.4 is 10.5 Å². The van der Waals surface area contributed by atoms with Gasteiger partial charge in [-0.05, 0) is 42.3 Å². The second-order valence-electron chi connectivity index (χ2n) is 7.95. The monoisotopic (exact) mass is 408 g/mol. The highest BCUT2D eigenvalue weighted by Gasteiger charge is 2.32. The van der Waals surface area contributed by atoms with Crippen LogP contribution in [0.2, 0.25) is 0 Å². The van der Waals surface area contributed by atoms with Crippen LogP contribution in [0.15, 0.2) is 59.7 Å². The van der Waals surface area contributed by atoms with Gasteiger partial charge in [0.1, 0.15) is 11.9 Å². The second kappa shape index (κ2) is 8.26. The predicted octanol–water partition coefficient (Wildman–Crippen LogP) is 3.08. The van der Waals surface area contributed by atoms with E-state index < -0.39 is 6.04 Å². The van der Waals surface area contributed by atoms with Crippen LogP contribution in [0.25, 0.3) is 10.9 Å². The van der Waals surface area contributed by atoms with Gasteiger partial charge in [0, 0.05) is 31.9 Å². The number of amides is 1. The Morgan fingerprint density at radius 2 is 1.67 bits per heavy atom. The summed E-state index contributed by atoms with van der Waals surface area (Å²) in [5.74, 6) is -0.391. The normalized spacial score (nSPS) is 15.6. The third-order valence-electron chi connectivity index (χ3n) is 5.66. The van der Waals surface area contributed by atoms with Crippen molar-refractivity contribution in [1.82, 2.24) is 14.5 Å². The molecular formula is C23H25FN4O2. The molecule has 6 nitrogen and oxygen atoms in total. The van der Waals surface area contributed by atoms with Crippen molar-refractivity contribution in [2.24, 2.45) is 5.92 Å². The summed E-state index contributed by atoms with van der Waals surface area (Å²) in [7, 11) is 0. The Morgan fingerprint density at radius 1 is 1.00 bits per heavy atom. The van der Waals surface area contributed by atoms with Crippen molar-refractivity contribution in [3.8, 4) is 0 Å². The minimum Gasteiger partial charge on any atom is -0.368 e. The van der Waals surface area contributed by atoms with Crippen molar-refractivity contribution >= 4 is 22.5 Å². The Kier molecular flexibility index (Phi) is 5.53. The molecule has 1 aliphatic heterocycles. The molecule has 2 aromatic carbocycles. The SMILES string of the molecule is CC(C)[C@@H](C(=O)N1CCN(c2ccc(F)cc2)CC1)n1cnc2ccccc2c1=O. The van der Waals surface area contributed by atoms with Crippen LogP contribution in [0.3, 0.4) is 0 Å². The fourth-order valence-corrected chi connectivity index (χ4v) is 4.03. The number of para-hydroxylation sites is 1. The lowest BCUT2D eigenvalue weighted by Crippen LogP contribution is -2.52. The smallest absolute Gasteiger partial charge is 0.261 e. The Balaban J connectivity index is 1.54. The van der Waals surface area contributed by atoms with E-state index in [0.717, 1.165) is 5.69 Å². The van der Waals surface area contributed by atoms with Gasteiger partial charge in [-0.25, -0.2) is 9.37 Å². The third-order valence-corrected chi connectivity index (χ3v) is 5.66. The molecule has 0 saturated carbocycles. The Labute approximate surface area is 174 Å². The number of rotatable bonds is 4. The molecule has 1 amide bonds. The highest BCUT2D eigenvalue weighted by molar-refractivity contribution is 5.82. The molecule has 0 radical (unpaired) electrons. The molecule has 3 aromatic rings. The predicted molar refractivity (Wildman–Crippen MR) is 115 cm³/mol. The minimum atomic E-state index is -0.605. The van der Waals surface area contributed by atoms with E-state index in [4.69, 9.17) is 0 Å². The number of benzene rings is 2. The number of halogens is 1. The first-order chi connectivity index (χ1) is 14.5. The van der Waals surface area contributed by atoms with Crippen LogP contribution in [-0.2, 0) is 4.79 Å². The number of hydrogen-bond acceptors (Lipinski definition) is 4.